The molecule has 0 aromatic heterocycles. The van der Waals surface area contributed by atoms with Gasteiger partial charge in [-0.3, -0.25) is 0 Å². The number of nitrogens with one attached hydrogen (secondary N) is 1. The van der Waals surface area contributed by atoms with E-state index in [1.165, 1.54) is 29.5 Å². The summed E-state index contributed by atoms with van der Waals surface area (Å²) in [6, 6.07) is 5.16. The van der Waals surface area contributed by atoms with Crippen LogP contribution < -0.4 is 10.1 Å². The van der Waals surface area contributed by atoms with Gasteiger partial charge in [-0.2, -0.15) is 0 Å². The molecule has 0 spiro atoms. The molecule has 1 N–H and O–H groups in total. The molecule has 1 aromatic rings. The first kappa shape index (κ1) is 11.5. The zero-order chi connectivity index (χ0) is 11.5. The van der Waals surface area contributed by atoms with Crippen LogP contribution in [0.4, 0.5) is 0 Å². The van der Waals surface area contributed by atoms with Gasteiger partial charge >= 0.3 is 0 Å². The van der Waals surface area contributed by atoms with Crippen LogP contribution in [0.25, 0.3) is 0 Å². The average molecular weight is 219 g/mol. The standard InChI is InChI=1S/C14H21NO/c1-10-4-5-12(14(16-3)11(10)2)8-9-15-13-6-7-13/h4-5,13,15H,6-9H2,1-3H3. The van der Waals surface area contributed by atoms with Crippen molar-refractivity contribution in [2.75, 3.05) is 13.7 Å². The summed E-state index contributed by atoms with van der Waals surface area (Å²) in [6.45, 7) is 5.32. The number of hydrogen-bond acceptors (Lipinski definition) is 2. The van der Waals surface area contributed by atoms with E-state index in [4.69, 9.17) is 4.74 Å². The highest BCUT2D eigenvalue weighted by Gasteiger charge is 2.20. The summed E-state index contributed by atoms with van der Waals surface area (Å²) in [5.41, 5.74) is 3.89. The molecule has 0 atom stereocenters. The molecule has 2 heteroatoms. The average Bonchev–Trinajstić information content (AvgIpc) is 3.08. The monoisotopic (exact) mass is 219 g/mol. The molecule has 1 fully saturated rings. The van der Waals surface area contributed by atoms with Crippen molar-refractivity contribution in [3.63, 3.8) is 0 Å². The zero-order valence-corrected chi connectivity index (χ0v) is 10.5. The molecule has 1 saturated carbocycles. The van der Waals surface area contributed by atoms with Crippen LogP contribution in [-0.4, -0.2) is 19.7 Å². The highest BCUT2D eigenvalue weighted by molar-refractivity contribution is 5.45. The Kier molecular flexibility index (Phi) is 3.49. The number of ether oxygens (including phenoxy) is 1. The van der Waals surface area contributed by atoms with E-state index in [9.17, 15) is 0 Å². The Hall–Kier alpha value is -1.02. The van der Waals surface area contributed by atoms with Crippen molar-refractivity contribution in [2.45, 2.75) is 39.2 Å². The topological polar surface area (TPSA) is 21.3 Å². The van der Waals surface area contributed by atoms with Crippen LogP contribution in [-0.2, 0) is 6.42 Å². The zero-order valence-electron chi connectivity index (χ0n) is 10.5. The van der Waals surface area contributed by atoms with Crippen molar-refractivity contribution in [2.24, 2.45) is 0 Å². The molecule has 88 valence electrons. The summed E-state index contributed by atoms with van der Waals surface area (Å²) >= 11 is 0. The predicted molar refractivity (Wildman–Crippen MR) is 67.2 cm³/mol. The fourth-order valence-corrected chi connectivity index (χ4v) is 2.03. The van der Waals surface area contributed by atoms with Gasteiger partial charge in [0.1, 0.15) is 5.75 Å². The lowest BCUT2D eigenvalue weighted by Gasteiger charge is -2.13. The third kappa shape index (κ3) is 2.56. The number of benzene rings is 1. The van der Waals surface area contributed by atoms with E-state index in [0.29, 0.717) is 0 Å². The Labute approximate surface area is 98.0 Å². The Morgan fingerprint density at radius 1 is 1.31 bits per heavy atom. The SMILES string of the molecule is COc1c(CCNC2CC2)ccc(C)c1C. The van der Waals surface area contributed by atoms with E-state index in [2.05, 4.69) is 31.3 Å². The maximum absolute atomic E-state index is 5.50. The maximum Gasteiger partial charge on any atom is 0.125 e. The summed E-state index contributed by atoms with van der Waals surface area (Å²) in [7, 11) is 1.76. The van der Waals surface area contributed by atoms with Gasteiger partial charge in [-0.05, 0) is 56.3 Å². The van der Waals surface area contributed by atoms with Crippen molar-refractivity contribution < 1.29 is 4.74 Å². The highest BCUT2D eigenvalue weighted by Crippen LogP contribution is 2.26. The molecule has 2 rings (SSSR count). The fourth-order valence-electron chi connectivity index (χ4n) is 2.03. The number of rotatable bonds is 5. The van der Waals surface area contributed by atoms with Crippen LogP contribution in [0.3, 0.4) is 0 Å². The van der Waals surface area contributed by atoms with Crippen LogP contribution in [0.15, 0.2) is 12.1 Å². The minimum Gasteiger partial charge on any atom is -0.496 e. The van der Waals surface area contributed by atoms with E-state index >= 15 is 0 Å². The number of methoxy groups -OCH3 is 1. The molecule has 2 nitrogen and oxygen atoms in total. The molecule has 1 aliphatic rings. The second kappa shape index (κ2) is 4.88. The molecule has 0 amide bonds. The van der Waals surface area contributed by atoms with Crippen LogP contribution >= 0.6 is 0 Å². The van der Waals surface area contributed by atoms with Crippen LogP contribution in [0.1, 0.15) is 29.5 Å². The van der Waals surface area contributed by atoms with Gasteiger partial charge in [0.2, 0.25) is 0 Å². The van der Waals surface area contributed by atoms with Gasteiger partial charge in [0.05, 0.1) is 7.11 Å². The first-order valence-electron chi connectivity index (χ1n) is 6.09. The van der Waals surface area contributed by atoms with Gasteiger partial charge < -0.3 is 10.1 Å². The Morgan fingerprint density at radius 2 is 2.06 bits per heavy atom. The summed E-state index contributed by atoms with van der Waals surface area (Å²) in [5.74, 6) is 1.07. The largest absolute Gasteiger partial charge is 0.496 e. The maximum atomic E-state index is 5.50. The van der Waals surface area contributed by atoms with E-state index in [1.54, 1.807) is 7.11 Å². The Morgan fingerprint density at radius 3 is 2.69 bits per heavy atom. The Balaban J connectivity index is 2.03. The van der Waals surface area contributed by atoms with Crippen molar-refractivity contribution in [3.05, 3.63) is 28.8 Å². The summed E-state index contributed by atoms with van der Waals surface area (Å²) < 4.78 is 5.50. The fraction of sp³-hybridized carbons (Fsp3) is 0.571. The predicted octanol–water partition coefficient (Wildman–Crippen LogP) is 2.61. The van der Waals surface area contributed by atoms with Gasteiger partial charge in [-0.15, -0.1) is 0 Å². The number of aryl methyl sites for hydroxylation is 1. The molecule has 1 aromatic carbocycles. The van der Waals surface area contributed by atoms with E-state index in [-0.39, 0.29) is 0 Å². The summed E-state index contributed by atoms with van der Waals surface area (Å²) in [6.07, 6.45) is 3.76. The molecule has 1 aliphatic carbocycles. The molecule has 16 heavy (non-hydrogen) atoms. The lowest BCUT2D eigenvalue weighted by molar-refractivity contribution is 0.405. The normalized spacial score (nSPS) is 15.2. The number of hydrogen-bond donors (Lipinski definition) is 1. The smallest absolute Gasteiger partial charge is 0.125 e. The summed E-state index contributed by atoms with van der Waals surface area (Å²) in [4.78, 5) is 0. The molecular weight excluding hydrogens is 198 g/mol. The quantitative estimate of drug-likeness (QED) is 0.822. The summed E-state index contributed by atoms with van der Waals surface area (Å²) in [5, 5.41) is 3.53. The molecule has 0 saturated heterocycles. The highest BCUT2D eigenvalue weighted by atomic mass is 16.5. The first-order valence-corrected chi connectivity index (χ1v) is 6.09. The van der Waals surface area contributed by atoms with Gasteiger partial charge in [0, 0.05) is 6.04 Å². The second-order valence-corrected chi connectivity index (χ2v) is 4.68. The van der Waals surface area contributed by atoms with E-state index in [0.717, 1.165) is 24.8 Å². The van der Waals surface area contributed by atoms with E-state index < -0.39 is 0 Å². The van der Waals surface area contributed by atoms with Crippen molar-refractivity contribution in [1.82, 2.24) is 5.32 Å². The van der Waals surface area contributed by atoms with Gasteiger partial charge in [0.15, 0.2) is 0 Å². The molecule has 0 heterocycles. The molecular formula is C14H21NO. The molecule has 0 radical (unpaired) electrons. The molecule has 0 bridgehead atoms. The lowest BCUT2D eigenvalue weighted by atomic mass is 10.0. The lowest BCUT2D eigenvalue weighted by Crippen LogP contribution is -2.19. The van der Waals surface area contributed by atoms with E-state index in [1.807, 2.05) is 0 Å². The van der Waals surface area contributed by atoms with Crippen molar-refractivity contribution in [1.29, 1.82) is 0 Å². The second-order valence-electron chi connectivity index (χ2n) is 4.68. The van der Waals surface area contributed by atoms with Gasteiger partial charge in [-0.1, -0.05) is 12.1 Å². The third-order valence-corrected chi connectivity index (χ3v) is 3.37. The molecule has 0 aliphatic heterocycles. The van der Waals surface area contributed by atoms with Crippen LogP contribution in [0.2, 0.25) is 0 Å². The first-order chi connectivity index (χ1) is 7.72. The van der Waals surface area contributed by atoms with Crippen LogP contribution in [0.5, 0.6) is 5.75 Å². The minimum atomic E-state index is 0.789. The van der Waals surface area contributed by atoms with Gasteiger partial charge in [-0.25, -0.2) is 0 Å². The third-order valence-electron chi connectivity index (χ3n) is 3.37. The van der Waals surface area contributed by atoms with Gasteiger partial charge in [0.25, 0.3) is 0 Å². The molecule has 0 unspecified atom stereocenters. The van der Waals surface area contributed by atoms with Crippen molar-refractivity contribution in [3.8, 4) is 5.75 Å². The van der Waals surface area contributed by atoms with Crippen LogP contribution in [0, 0.1) is 13.8 Å². The van der Waals surface area contributed by atoms with Crippen molar-refractivity contribution >= 4 is 0 Å². The Bertz CT molecular complexity index is 369. The minimum absolute atomic E-state index is 0.789.